The Hall–Kier alpha value is 1.16. The molecule has 0 heterocycles. The molecule has 3 heteroatoms. The third kappa shape index (κ3) is 2.07. The number of rotatable bonds is 1. The molecule has 54 valence electrons. The zero-order valence-electron chi connectivity index (χ0n) is 5.07. The summed E-state index contributed by atoms with van der Waals surface area (Å²) >= 11 is 8.15. The van der Waals surface area contributed by atoms with Crippen molar-refractivity contribution in [3.63, 3.8) is 0 Å². The number of hydrogen-bond donors (Lipinski definition) is 0. The summed E-state index contributed by atoms with van der Waals surface area (Å²) in [6, 6.07) is 6.34. The Morgan fingerprint density at radius 1 is 1.30 bits per heavy atom. The molecule has 0 aliphatic heterocycles. The first-order valence-electron chi connectivity index (χ1n) is 2.74. The van der Waals surface area contributed by atoms with Crippen LogP contribution in [0.2, 0.25) is 0 Å². The van der Waals surface area contributed by atoms with E-state index in [4.69, 9.17) is 0 Å². The summed E-state index contributed by atoms with van der Waals surface area (Å²) in [7, 11) is 0. The van der Waals surface area contributed by atoms with E-state index in [-0.39, 0.29) is 0 Å². The molecular weight excluding hydrogens is 418 g/mol. The van der Waals surface area contributed by atoms with Crippen LogP contribution in [0.3, 0.4) is 0 Å². The fourth-order valence-corrected chi connectivity index (χ4v) is 2.75. The molecule has 0 amide bonds. The molecule has 0 radical (unpaired) electrons. The molecule has 0 nitrogen and oxygen atoms in total. The highest BCUT2D eigenvalue weighted by atomic mass is 127. The third-order valence-corrected chi connectivity index (χ3v) is 4.98. The molecule has 0 saturated carbocycles. The first kappa shape index (κ1) is 9.25. The summed E-state index contributed by atoms with van der Waals surface area (Å²) in [5.74, 6) is 0. The summed E-state index contributed by atoms with van der Waals surface area (Å²) in [4.78, 5) is 0. The van der Waals surface area contributed by atoms with Crippen LogP contribution in [0.1, 0.15) is 5.56 Å². The molecule has 0 saturated heterocycles. The highest BCUT2D eigenvalue weighted by molar-refractivity contribution is 14.1. The van der Waals surface area contributed by atoms with Gasteiger partial charge in [-0.3, -0.25) is 0 Å². The van der Waals surface area contributed by atoms with E-state index in [1.54, 1.807) is 0 Å². The smallest absolute Gasteiger partial charge is 0.0304 e. The minimum absolute atomic E-state index is 0.947. The molecule has 1 aromatic carbocycles. The molecule has 1 aromatic rings. The lowest BCUT2D eigenvalue weighted by atomic mass is 10.2. The molecule has 0 aromatic heterocycles. The molecule has 0 fully saturated rings. The van der Waals surface area contributed by atoms with Gasteiger partial charge >= 0.3 is 0 Å². The Kier molecular flexibility index (Phi) is 3.93. The van der Waals surface area contributed by atoms with Crippen LogP contribution >= 0.6 is 61.1 Å². The minimum atomic E-state index is 0.947. The Morgan fingerprint density at radius 3 is 2.50 bits per heavy atom. The molecule has 0 spiro atoms. The van der Waals surface area contributed by atoms with Gasteiger partial charge in [-0.2, -0.15) is 0 Å². The van der Waals surface area contributed by atoms with E-state index >= 15 is 0 Å². The molecule has 0 N–H and O–H groups in total. The lowest BCUT2D eigenvalue weighted by Crippen LogP contribution is -1.86. The summed E-state index contributed by atoms with van der Waals surface area (Å²) in [6.45, 7) is 0. The van der Waals surface area contributed by atoms with Crippen LogP contribution in [0, 0.1) is 7.14 Å². The van der Waals surface area contributed by atoms with Gasteiger partial charge in [0.15, 0.2) is 0 Å². The predicted octanol–water partition coefficient (Wildman–Crippen LogP) is 3.79. The second kappa shape index (κ2) is 4.25. The Labute approximate surface area is 96.2 Å². The highest BCUT2D eigenvalue weighted by Gasteiger charge is 1.99. The van der Waals surface area contributed by atoms with E-state index in [0.29, 0.717) is 0 Å². The van der Waals surface area contributed by atoms with Gasteiger partial charge in [-0.1, -0.05) is 28.1 Å². The first-order valence-corrected chi connectivity index (χ1v) is 6.02. The topological polar surface area (TPSA) is 0 Å². The Balaban J connectivity index is 3.14. The van der Waals surface area contributed by atoms with E-state index in [0.717, 1.165) is 5.33 Å². The molecule has 1 rings (SSSR count). The fourth-order valence-electron chi connectivity index (χ4n) is 0.652. The van der Waals surface area contributed by atoms with Gasteiger partial charge in [0, 0.05) is 12.5 Å². The average Bonchev–Trinajstić information content (AvgIpc) is 1.95. The fraction of sp³-hybridized carbons (Fsp3) is 0.143. The summed E-state index contributed by atoms with van der Waals surface area (Å²) in [6.07, 6.45) is 0. The predicted molar refractivity (Wildman–Crippen MR) is 64.5 cm³/mol. The summed E-state index contributed by atoms with van der Waals surface area (Å²) in [5.41, 5.74) is 1.37. The molecular formula is C7H5BrI2. The van der Waals surface area contributed by atoms with E-state index in [1.807, 2.05) is 0 Å². The Bertz CT molecular complexity index is 235. The number of hydrogen-bond acceptors (Lipinski definition) is 0. The van der Waals surface area contributed by atoms with E-state index in [9.17, 15) is 0 Å². The van der Waals surface area contributed by atoms with Crippen LogP contribution in [0.25, 0.3) is 0 Å². The maximum absolute atomic E-state index is 3.43. The van der Waals surface area contributed by atoms with E-state index in [1.165, 1.54) is 12.7 Å². The number of benzene rings is 1. The van der Waals surface area contributed by atoms with Gasteiger partial charge < -0.3 is 0 Å². The van der Waals surface area contributed by atoms with Crippen LogP contribution in [-0.4, -0.2) is 0 Å². The number of halogens is 3. The second-order valence-electron chi connectivity index (χ2n) is 1.85. The van der Waals surface area contributed by atoms with Crippen LogP contribution in [-0.2, 0) is 5.33 Å². The first-order chi connectivity index (χ1) is 4.75. The van der Waals surface area contributed by atoms with Gasteiger partial charge in [-0.05, 0) is 56.8 Å². The van der Waals surface area contributed by atoms with Crippen molar-refractivity contribution in [1.82, 2.24) is 0 Å². The molecule has 0 bridgehead atoms. The molecule has 0 unspecified atom stereocenters. The van der Waals surface area contributed by atoms with Crippen LogP contribution in [0.4, 0.5) is 0 Å². The van der Waals surface area contributed by atoms with Crippen molar-refractivity contribution >= 4 is 61.1 Å². The Morgan fingerprint density at radius 2 is 2.00 bits per heavy atom. The van der Waals surface area contributed by atoms with Crippen molar-refractivity contribution < 1.29 is 0 Å². The highest BCUT2D eigenvalue weighted by Crippen LogP contribution is 2.20. The summed E-state index contributed by atoms with van der Waals surface area (Å²) < 4.78 is 2.69. The zero-order valence-corrected chi connectivity index (χ0v) is 11.0. The van der Waals surface area contributed by atoms with Crippen LogP contribution in [0.5, 0.6) is 0 Å². The largest absolute Gasteiger partial charge is 0.0876 e. The van der Waals surface area contributed by atoms with Crippen molar-refractivity contribution in [3.05, 3.63) is 30.9 Å². The van der Waals surface area contributed by atoms with Crippen LogP contribution < -0.4 is 0 Å². The lowest BCUT2D eigenvalue weighted by Gasteiger charge is -2.00. The second-order valence-corrected chi connectivity index (χ2v) is 4.65. The lowest BCUT2D eigenvalue weighted by molar-refractivity contribution is 1.37. The van der Waals surface area contributed by atoms with Gasteiger partial charge in [0.2, 0.25) is 0 Å². The normalized spacial score (nSPS) is 9.90. The van der Waals surface area contributed by atoms with Gasteiger partial charge in [0.1, 0.15) is 0 Å². The molecule has 0 aliphatic carbocycles. The molecule has 0 aliphatic rings. The van der Waals surface area contributed by atoms with Crippen molar-refractivity contribution in [2.45, 2.75) is 5.33 Å². The van der Waals surface area contributed by atoms with Crippen molar-refractivity contribution in [3.8, 4) is 0 Å². The SMILES string of the molecule is BrCc1cccc(I)c1I. The van der Waals surface area contributed by atoms with E-state index in [2.05, 4.69) is 79.3 Å². The maximum Gasteiger partial charge on any atom is 0.0304 e. The van der Waals surface area contributed by atoms with Gasteiger partial charge in [-0.15, -0.1) is 0 Å². The molecule has 0 atom stereocenters. The molecule has 10 heavy (non-hydrogen) atoms. The average molecular weight is 423 g/mol. The zero-order chi connectivity index (χ0) is 7.56. The van der Waals surface area contributed by atoms with Gasteiger partial charge in [0.25, 0.3) is 0 Å². The van der Waals surface area contributed by atoms with Crippen molar-refractivity contribution in [2.24, 2.45) is 0 Å². The summed E-state index contributed by atoms with van der Waals surface area (Å²) in [5, 5.41) is 0.947. The number of alkyl halides is 1. The van der Waals surface area contributed by atoms with Gasteiger partial charge in [-0.25, -0.2) is 0 Å². The maximum atomic E-state index is 3.43. The van der Waals surface area contributed by atoms with Crippen LogP contribution in [0.15, 0.2) is 18.2 Å². The van der Waals surface area contributed by atoms with Gasteiger partial charge in [0.05, 0.1) is 0 Å². The monoisotopic (exact) mass is 422 g/mol. The minimum Gasteiger partial charge on any atom is -0.0876 e. The van der Waals surface area contributed by atoms with Crippen molar-refractivity contribution in [1.29, 1.82) is 0 Å². The van der Waals surface area contributed by atoms with E-state index < -0.39 is 0 Å². The van der Waals surface area contributed by atoms with Crippen molar-refractivity contribution in [2.75, 3.05) is 0 Å². The standard InChI is InChI=1S/C7H5BrI2/c8-4-5-2-1-3-6(9)7(5)10/h1-3H,4H2. The third-order valence-electron chi connectivity index (χ3n) is 1.18. The quantitative estimate of drug-likeness (QED) is 0.477.